The molecule has 4 aromatic rings. The number of rotatable bonds is 5. The van der Waals surface area contributed by atoms with E-state index in [1.165, 1.54) is 0 Å². The first-order chi connectivity index (χ1) is 18.4. The number of benzene rings is 2. The van der Waals surface area contributed by atoms with Gasteiger partial charge in [0.1, 0.15) is 11.1 Å². The van der Waals surface area contributed by atoms with Crippen LogP contribution in [-0.2, 0) is 12.6 Å². The molecule has 3 heterocycles. The van der Waals surface area contributed by atoms with Gasteiger partial charge in [0.15, 0.2) is 0 Å². The second-order valence-corrected chi connectivity index (χ2v) is 10.3. The summed E-state index contributed by atoms with van der Waals surface area (Å²) in [5, 5.41) is 22.4. The molecule has 2 fully saturated rings. The van der Waals surface area contributed by atoms with Crippen LogP contribution in [0.4, 0.5) is 10.7 Å². The Bertz CT molecular complexity index is 1550. The Kier molecular flexibility index (Phi) is 5.95. The molecule has 0 unspecified atom stereocenters. The van der Waals surface area contributed by atoms with E-state index in [1.807, 2.05) is 59.5 Å². The van der Waals surface area contributed by atoms with Gasteiger partial charge in [0.25, 0.3) is 5.56 Å². The standard InChI is InChI=1S/C29H30N4O5/c1-32-26(35)23-22(18-6-3-2-4-7-18)24(38-25(23)30-27(32)33-16-12-21(34)13-17-33)19-8-10-20(11-9-19)29(14-5-15-29)31-28(36)37/h2-4,6-11,21,31,34H,5,12-17H2,1H3,(H,36,37). The molecule has 0 atom stereocenters. The third kappa shape index (κ3) is 4.03. The van der Waals surface area contributed by atoms with Crippen LogP contribution in [0.25, 0.3) is 33.6 Å². The highest BCUT2D eigenvalue weighted by Crippen LogP contribution is 2.43. The maximum Gasteiger partial charge on any atom is 0.405 e. The van der Waals surface area contributed by atoms with Crippen molar-refractivity contribution in [2.75, 3.05) is 18.0 Å². The van der Waals surface area contributed by atoms with Gasteiger partial charge in [-0.15, -0.1) is 0 Å². The monoisotopic (exact) mass is 514 g/mol. The Hall–Kier alpha value is -4.11. The van der Waals surface area contributed by atoms with Crippen molar-refractivity contribution >= 4 is 23.1 Å². The van der Waals surface area contributed by atoms with Crippen LogP contribution in [-0.4, -0.2) is 45.1 Å². The average molecular weight is 515 g/mol. The van der Waals surface area contributed by atoms with E-state index >= 15 is 0 Å². The highest BCUT2D eigenvalue weighted by atomic mass is 16.4. The molecule has 196 valence electrons. The predicted octanol–water partition coefficient (Wildman–Crippen LogP) is 4.47. The number of nitrogens with zero attached hydrogens (tertiary/aromatic N) is 3. The van der Waals surface area contributed by atoms with E-state index < -0.39 is 11.6 Å². The molecule has 1 aliphatic heterocycles. The Balaban J connectivity index is 1.49. The summed E-state index contributed by atoms with van der Waals surface area (Å²) in [5.41, 5.74) is 2.74. The molecule has 1 amide bonds. The lowest BCUT2D eigenvalue weighted by atomic mass is 9.72. The highest BCUT2D eigenvalue weighted by molar-refractivity contribution is 6.00. The Morgan fingerprint density at radius 1 is 1.05 bits per heavy atom. The van der Waals surface area contributed by atoms with Gasteiger partial charge in [0.2, 0.25) is 11.7 Å². The van der Waals surface area contributed by atoms with Gasteiger partial charge >= 0.3 is 6.09 Å². The topological polar surface area (TPSA) is 121 Å². The number of aliphatic hydroxyl groups is 1. The molecule has 2 aliphatic rings. The molecule has 0 bridgehead atoms. The number of amides is 1. The van der Waals surface area contributed by atoms with Crippen LogP contribution in [0.1, 0.15) is 37.7 Å². The maximum absolute atomic E-state index is 13.8. The van der Waals surface area contributed by atoms with E-state index in [2.05, 4.69) is 5.32 Å². The number of piperidine rings is 1. The van der Waals surface area contributed by atoms with Gasteiger partial charge < -0.3 is 24.8 Å². The zero-order chi connectivity index (χ0) is 26.4. The zero-order valence-corrected chi connectivity index (χ0v) is 21.2. The number of hydrogen-bond acceptors (Lipinski definition) is 6. The first kappa shape index (κ1) is 24.2. The van der Waals surface area contributed by atoms with Crippen molar-refractivity contribution in [1.29, 1.82) is 0 Å². The number of aliphatic hydroxyl groups excluding tert-OH is 1. The van der Waals surface area contributed by atoms with E-state index in [0.29, 0.717) is 48.6 Å². The van der Waals surface area contributed by atoms with Crippen LogP contribution in [0.15, 0.2) is 63.8 Å². The highest BCUT2D eigenvalue weighted by Gasteiger charge is 2.40. The molecule has 0 spiro atoms. The first-order valence-electron chi connectivity index (χ1n) is 13.0. The first-order valence-corrected chi connectivity index (χ1v) is 13.0. The number of hydrogen-bond donors (Lipinski definition) is 3. The van der Waals surface area contributed by atoms with Crippen LogP contribution in [0, 0.1) is 0 Å². The molecule has 9 nitrogen and oxygen atoms in total. The van der Waals surface area contributed by atoms with Crippen molar-refractivity contribution in [1.82, 2.24) is 14.9 Å². The predicted molar refractivity (Wildman–Crippen MR) is 144 cm³/mol. The molecule has 1 saturated carbocycles. The van der Waals surface area contributed by atoms with Gasteiger partial charge in [0, 0.05) is 31.3 Å². The second kappa shape index (κ2) is 9.33. The summed E-state index contributed by atoms with van der Waals surface area (Å²) in [6, 6.07) is 17.4. The number of fused-ring (bicyclic) bond motifs is 1. The number of carbonyl (C=O) groups is 1. The number of carboxylic acid groups (broad SMARTS) is 1. The van der Waals surface area contributed by atoms with Crippen LogP contribution in [0.3, 0.4) is 0 Å². The van der Waals surface area contributed by atoms with Crippen molar-refractivity contribution in [2.24, 2.45) is 7.05 Å². The van der Waals surface area contributed by atoms with Crippen LogP contribution < -0.4 is 15.8 Å². The van der Waals surface area contributed by atoms with Crippen molar-refractivity contribution in [3.63, 3.8) is 0 Å². The largest absolute Gasteiger partial charge is 0.465 e. The van der Waals surface area contributed by atoms with Gasteiger partial charge in [-0.2, -0.15) is 4.98 Å². The SMILES string of the molecule is Cn1c(N2CCC(O)CC2)nc2oc(-c3ccc(C4(NC(=O)O)CCC4)cc3)c(-c3ccccc3)c2c1=O. The summed E-state index contributed by atoms with van der Waals surface area (Å²) < 4.78 is 7.91. The Morgan fingerprint density at radius 2 is 1.74 bits per heavy atom. The normalized spacial score (nSPS) is 17.4. The van der Waals surface area contributed by atoms with E-state index in [4.69, 9.17) is 9.40 Å². The number of aromatic nitrogens is 2. The molecule has 2 aromatic carbocycles. The van der Waals surface area contributed by atoms with Crippen LogP contribution in [0.2, 0.25) is 0 Å². The molecule has 9 heteroatoms. The van der Waals surface area contributed by atoms with Crippen LogP contribution >= 0.6 is 0 Å². The molecule has 38 heavy (non-hydrogen) atoms. The molecule has 1 saturated heterocycles. The lowest BCUT2D eigenvalue weighted by molar-refractivity contribution is 0.144. The van der Waals surface area contributed by atoms with E-state index in [0.717, 1.165) is 36.0 Å². The summed E-state index contributed by atoms with van der Waals surface area (Å²) in [5.74, 6) is 1.07. The number of furan rings is 1. The molecule has 0 radical (unpaired) electrons. The molecule has 2 aromatic heterocycles. The summed E-state index contributed by atoms with van der Waals surface area (Å²) in [7, 11) is 1.72. The minimum atomic E-state index is -1.03. The van der Waals surface area contributed by atoms with Gasteiger partial charge in [0.05, 0.1) is 11.6 Å². The van der Waals surface area contributed by atoms with E-state index in [-0.39, 0.29) is 17.4 Å². The fourth-order valence-electron chi connectivity index (χ4n) is 5.71. The molecule has 1 aliphatic carbocycles. The van der Waals surface area contributed by atoms with Gasteiger partial charge in [-0.3, -0.25) is 9.36 Å². The summed E-state index contributed by atoms with van der Waals surface area (Å²) in [6.45, 7) is 1.22. The van der Waals surface area contributed by atoms with Crippen molar-refractivity contribution in [3.8, 4) is 22.5 Å². The molecular formula is C29H30N4O5. The smallest absolute Gasteiger partial charge is 0.405 e. The fourth-order valence-corrected chi connectivity index (χ4v) is 5.71. The minimum Gasteiger partial charge on any atom is -0.465 e. The van der Waals surface area contributed by atoms with E-state index in [9.17, 15) is 19.8 Å². The Morgan fingerprint density at radius 3 is 2.34 bits per heavy atom. The third-order valence-corrected chi connectivity index (χ3v) is 7.97. The quantitative estimate of drug-likeness (QED) is 0.359. The third-order valence-electron chi connectivity index (χ3n) is 7.97. The second-order valence-electron chi connectivity index (χ2n) is 10.3. The van der Waals surface area contributed by atoms with Crippen LogP contribution in [0.5, 0.6) is 0 Å². The van der Waals surface area contributed by atoms with Gasteiger partial charge in [-0.1, -0.05) is 54.6 Å². The lowest BCUT2D eigenvalue weighted by Gasteiger charge is -2.42. The average Bonchev–Trinajstić information content (AvgIpc) is 3.29. The summed E-state index contributed by atoms with van der Waals surface area (Å²) >= 11 is 0. The van der Waals surface area contributed by atoms with Crippen molar-refractivity contribution in [2.45, 2.75) is 43.7 Å². The maximum atomic E-state index is 13.8. The van der Waals surface area contributed by atoms with Gasteiger partial charge in [-0.25, -0.2) is 4.79 Å². The molecule has 3 N–H and O–H groups in total. The number of anilines is 1. The van der Waals surface area contributed by atoms with E-state index in [1.54, 1.807) is 11.6 Å². The summed E-state index contributed by atoms with van der Waals surface area (Å²) in [6.07, 6.45) is 2.37. The Labute approximate surface area is 219 Å². The molecular weight excluding hydrogens is 484 g/mol. The molecule has 6 rings (SSSR count). The van der Waals surface area contributed by atoms with Crippen molar-refractivity contribution in [3.05, 3.63) is 70.5 Å². The lowest BCUT2D eigenvalue weighted by Crippen LogP contribution is -2.50. The summed E-state index contributed by atoms with van der Waals surface area (Å²) in [4.78, 5) is 32.0. The zero-order valence-electron chi connectivity index (χ0n) is 21.2. The minimum absolute atomic E-state index is 0.194. The van der Waals surface area contributed by atoms with Crippen molar-refractivity contribution < 1.29 is 19.4 Å². The fraction of sp³-hybridized carbons (Fsp3) is 0.345. The number of nitrogens with one attached hydrogen (secondary N) is 1. The van der Waals surface area contributed by atoms with Gasteiger partial charge in [-0.05, 0) is 43.2 Å².